The maximum Gasteiger partial charge on any atom is 0.257 e. The van der Waals surface area contributed by atoms with Gasteiger partial charge in [-0.3, -0.25) is 9.69 Å². The summed E-state index contributed by atoms with van der Waals surface area (Å²) < 4.78 is 38.6. The molecule has 2 aromatic rings. The second-order valence-electron chi connectivity index (χ2n) is 8.98. The molecule has 33 heavy (non-hydrogen) atoms. The van der Waals surface area contributed by atoms with Crippen LogP contribution in [0, 0.1) is 0 Å². The molecule has 1 fully saturated rings. The smallest absolute Gasteiger partial charge is 0.257 e. The number of piperazine rings is 1. The van der Waals surface area contributed by atoms with Gasteiger partial charge in [-0.2, -0.15) is 4.31 Å². The van der Waals surface area contributed by atoms with Crippen LogP contribution in [-0.4, -0.2) is 75.0 Å². The third-order valence-corrected chi connectivity index (χ3v) is 7.79. The molecule has 0 aliphatic carbocycles. The Kier molecular flexibility index (Phi) is 6.92. The zero-order chi connectivity index (χ0) is 23.5. The first-order valence-electron chi connectivity index (χ1n) is 11.2. The molecule has 0 bridgehead atoms. The van der Waals surface area contributed by atoms with Gasteiger partial charge in [-0.1, -0.05) is 30.3 Å². The van der Waals surface area contributed by atoms with Crippen LogP contribution in [0.2, 0.25) is 0 Å². The lowest BCUT2D eigenvalue weighted by molar-refractivity contribution is -0.123. The van der Waals surface area contributed by atoms with Gasteiger partial charge in [0.2, 0.25) is 10.0 Å². The van der Waals surface area contributed by atoms with E-state index in [1.807, 2.05) is 32.0 Å². The Balaban J connectivity index is 1.18. The molecule has 2 aliphatic heterocycles. The largest absolute Gasteiger partial charge is 0.483 e. The molecule has 178 valence electrons. The van der Waals surface area contributed by atoms with Gasteiger partial charge in [0.1, 0.15) is 5.60 Å². The van der Waals surface area contributed by atoms with Crippen LogP contribution in [0.4, 0.5) is 0 Å². The van der Waals surface area contributed by atoms with Crippen LogP contribution >= 0.6 is 0 Å². The average Bonchev–Trinajstić information content (AvgIpc) is 3.13. The number of amides is 1. The Morgan fingerprint density at radius 3 is 2.52 bits per heavy atom. The van der Waals surface area contributed by atoms with Crippen molar-refractivity contribution in [1.29, 1.82) is 0 Å². The number of benzene rings is 2. The van der Waals surface area contributed by atoms with E-state index in [4.69, 9.17) is 9.47 Å². The second kappa shape index (κ2) is 9.70. The monoisotopic (exact) mass is 473 g/mol. The van der Waals surface area contributed by atoms with E-state index in [1.54, 1.807) is 30.3 Å². The van der Waals surface area contributed by atoms with E-state index >= 15 is 0 Å². The van der Waals surface area contributed by atoms with Crippen LogP contribution in [-0.2, 0) is 21.2 Å². The number of hydrogen-bond donors (Lipinski definition) is 1. The van der Waals surface area contributed by atoms with Crippen molar-refractivity contribution < 1.29 is 22.7 Å². The van der Waals surface area contributed by atoms with Gasteiger partial charge in [0.05, 0.1) is 4.90 Å². The molecule has 9 heteroatoms. The number of fused-ring (bicyclic) bond motifs is 1. The first kappa shape index (κ1) is 23.5. The predicted octanol–water partition coefficient (Wildman–Crippen LogP) is 1.90. The van der Waals surface area contributed by atoms with E-state index in [1.165, 1.54) is 4.31 Å². The van der Waals surface area contributed by atoms with E-state index in [0.29, 0.717) is 49.9 Å². The van der Waals surface area contributed by atoms with Crippen molar-refractivity contribution in [2.45, 2.75) is 30.8 Å². The number of sulfonamides is 1. The molecule has 1 saturated heterocycles. The molecule has 0 aromatic heterocycles. The summed E-state index contributed by atoms with van der Waals surface area (Å²) in [5.74, 6) is 1.11. The molecule has 0 radical (unpaired) electrons. The zero-order valence-electron chi connectivity index (χ0n) is 19.1. The minimum atomic E-state index is -3.45. The van der Waals surface area contributed by atoms with Crippen molar-refractivity contribution in [1.82, 2.24) is 14.5 Å². The van der Waals surface area contributed by atoms with Gasteiger partial charge in [0, 0.05) is 51.3 Å². The van der Waals surface area contributed by atoms with Gasteiger partial charge < -0.3 is 14.8 Å². The van der Waals surface area contributed by atoms with E-state index in [-0.39, 0.29) is 18.1 Å². The molecular formula is C24H31N3O5S. The second-order valence-corrected chi connectivity index (χ2v) is 10.9. The lowest BCUT2D eigenvalue weighted by Gasteiger charge is -2.33. The van der Waals surface area contributed by atoms with E-state index < -0.39 is 10.0 Å². The summed E-state index contributed by atoms with van der Waals surface area (Å²) in [6.45, 7) is 7.23. The Morgan fingerprint density at radius 1 is 1.06 bits per heavy atom. The quantitative estimate of drug-likeness (QED) is 0.630. The molecule has 2 aromatic carbocycles. The molecule has 8 nitrogen and oxygen atoms in total. The Morgan fingerprint density at radius 2 is 1.79 bits per heavy atom. The number of carbonyl (C=O) groups excluding carboxylic acids is 1. The van der Waals surface area contributed by atoms with Crippen molar-refractivity contribution in [3.63, 3.8) is 0 Å². The number of nitrogens with zero attached hydrogens (tertiary/aromatic N) is 2. The Bertz CT molecular complexity index is 1080. The average molecular weight is 474 g/mol. The van der Waals surface area contributed by atoms with Crippen molar-refractivity contribution >= 4 is 15.9 Å². The normalized spacial score (nSPS) is 18.4. The first-order valence-corrected chi connectivity index (χ1v) is 12.7. The fraction of sp³-hybridized carbons (Fsp3) is 0.458. The maximum atomic E-state index is 12.7. The highest BCUT2D eigenvalue weighted by molar-refractivity contribution is 7.89. The van der Waals surface area contributed by atoms with Crippen LogP contribution in [0.3, 0.4) is 0 Å². The Hall–Kier alpha value is -2.62. The highest BCUT2D eigenvalue weighted by atomic mass is 32.2. The number of carbonyl (C=O) groups is 1. The van der Waals surface area contributed by atoms with Crippen molar-refractivity contribution in [3.8, 4) is 11.5 Å². The first-order chi connectivity index (χ1) is 15.7. The summed E-state index contributed by atoms with van der Waals surface area (Å²) in [5.41, 5.74) is 0.820. The summed E-state index contributed by atoms with van der Waals surface area (Å²) in [6.07, 6.45) is 0.811. The summed E-state index contributed by atoms with van der Waals surface area (Å²) in [6, 6.07) is 14.2. The Labute approximate surface area is 195 Å². The molecule has 0 saturated carbocycles. The molecule has 0 atom stereocenters. The lowest BCUT2D eigenvalue weighted by atomic mass is 10.0. The molecule has 0 spiro atoms. The minimum Gasteiger partial charge on any atom is -0.483 e. The highest BCUT2D eigenvalue weighted by Crippen LogP contribution is 2.41. The molecule has 1 amide bonds. The number of hydrogen-bond acceptors (Lipinski definition) is 6. The van der Waals surface area contributed by atoms with E-state index in [0.717, 1.165) is 17.7 Å². The third-order valence-electron chi connectivity index (χ3n) is 5.88. The van der Waals surface area contributed by atoms with Crippen molar-refractivity contribution in [3.05, 3.63) is 54.1 Å². The summed E-state index contributed by atoms with van der Waals surface area (Å²) >= 11 is 0. The molecule has 4 rings (SSSR count). The zero-order valence-corrected chi connectivity index (χ0v) is 19.9. The van der Waals surface area contributed by atoms with Crippen molar-refractivity contribution in [2.24, 2.45) is 0 Å². The van der Waals surface area contributed by atoms with Crippen LogP contribution in [0.15, 0.2) is 53.4 Å². The maximum absolute atomic E-state index is 12.7. The molecule has 2 heterocycles. The predicted molar refractivity (Wildman–Crippen MR) is 125 cm³/mol. The fourth-order valence-corrected chi connectivity index (χ4v) is 5.63. The topological polar surface area (TPSA) is 88.2 Å². The van der Waals surface area contributed by atoms with Gasteiger partial charge in [0.25, 0.3) is 5.91 Å². The van der Waals surface area contributed by atoms with Gasteiger partial charge in [-0.05, 0) is 32.0 Å². The van der Waals surface area contributed by atoms with Gasteiger partial charge in [0.15, 0.2) is 18.1 Å². The standard InChI is InChI=1S/C24H31N3O5S/c1-24(2)17-19-7-6-10-21(23(19)32-24)31-18-22(28)25-11-12-26-13-15-27(16-14-26)33(29,30)20-8-4-3-5-9-20/h3-10H,11-18H2,1-2H3,(H,25,28). The highest BCUT2D eigenvalue weighted by Gasteiger charge is 2.32. The minimum absolute atomic E-state index is 0.0800. The third kappa shape index (κ3) is 5.66. The molecule has 1 N–H and O–H groups in total. The van der Waals surface area contributed by atoms with Gasteiger partial charge in [-0.25, -0.2) is 8.42 Å². The van der Waals surface area contributed by atoms with Crippen LogP contribution < -0.4 is 14.8 Å². The molecule has 0 unspecified atom stereocenters. The lowest BCUT2D eigenvalue weighted by Crippen LogP contribution is -2.50. The fourth-order valence-electron chi connectivity index (χ4n) is 4.18. The van der Waals surface area contributed by atoms with Crippen LogP contribution in [0.25, 0.3) is 0 Å². The summed E-state index contributed by atoms with van der Waals surface area (Å²) in [7, 11) is -3.45. The number of rotatable bonds is 8. The molecule has 2 aliphatic rings. The number of ether oxygens (including phenoxy) is 2. The van der Waals surface area contributed by atoms with Crippen LogP contribution in [0.1, 0.15) is 19.4 Å². The van der Waals surface area contributed by atoms with Gasteiger partial charge >= 0.3 is 0 Å². The number of para-hydroxylation sites is 1. The summed E-state index contributed by atoms with van der Waals surface area (Å²) in [4.78, 5) is 14.7. The van der Waals surface area contributed by atoms with Crippen LogP contribution in [0.5, 0.6) is 11.5 Å². The van der Waals surface area contributed by atoms with E-state index in [9.17, 15) is 13.2 Å². The van der Waals surface area contributed by atoms with E-state index in [2.05, 4.69) is 10.2 Å². The SMILES string of the molecule is CC1(C)Cc2cccc(OCC(=O)NCCN3CCN(S(=O)(=O)c4ccccc4)CC3)c2O1. The number of nitrogens with one attached hydrogen (secondary N) is 1. The van der Waals surface area contributed by atoms with Gasteiger partial charge in [-0.15, -0.1) is 0 Å². The molecular weight excluding hydrogens is 442 g/mol. The summed E-state index contributed by atoms with van der Waals surface area (Å²) in [5, 5.41) is 2.87. The van der Waals surface area contributed by atoms with Crippen molar-refractivity contribution in [2.75, 3.05) is 45.9 Å².